The second-order valence-corrected chi connectivity index (χ2v) is 6.72. The van der Waals surface area contributed by atoms with Crippen LogP contribution in [0.3, 0.4) is 0 Å². The van der Waals surface area contributed by atoms with E-state index in [0.717, 1.165) is 39.0 Å². The second-order valence-electron chi connectivity index (χ2n) is 6.72. The highest BCUT2D eigenvalue weighted by Crippen LogP contribution is 2.22. The molecule has 1 aromatic rings. The molecule has 0 aliphatic carbocycles. The third kappa shape index (κ3) is 3.84. The molecule has 0 radical (unpaired) electrons. The first-order chi connectivity index (χ1) is 11.6. The van der Waals surface area contributed by atoms with Gasteiger partial charge in [0, 0.05) is 32.2 Å². The Bertz CT molecular complexity index is 555. The van der Waals surface area contributed by atoms with Crippen LogP contribution in [-0.2, 0) is 4.74 Å². The number of likely N-dealkylation sites (tertiary alicyclic amines) is 1. The number of aromatic nitrogens is 2. The number of ether oxygens (including phenoxy) is 2. The monoisotopic (exact) mass is 334 g/mol. The summed E-state index contributed by atoms with van der Waals surface area (Å²) in [6, 6.07) is 0.223. The fraction of sp³-hybridized carbons (Fsp3) is 0.706. The maximum absolute atomic E-state index is 12.7. The Morgan fingerprint density at radius 3 is 2.58 bits per heavy atom. The summed E-state index contributed by atoms with van der Waals surface area (Å²) in [5.74, 6) is 0.710. The fourth-order valence-corrected chi connectivity index (χ4v) is 3.68. The van der Waals surface area contributed by atoms with Crippen LogP contribution < -0.4 is 4.74 Å². The van der Waals surface area contributed by atoms with E-state index in [1.165, 1.54) is 12.4 Å². The van der Waals surface area contributed by atoms with Crippen molar-refractivity contribution in [2.45, 2.75) is 44.9 Å². The van der Waals surface area contributed by atoms with Gasteiger partial charge < -0.3 is 14.4 Å². The first kappa shape index (κ1) is 17.1. The number of morpholine rings is 1. The summed E-state index contributed by atoms with van der Waals surface area (Å²) in [7, 11) is 1.56. The molecular weight excluding hydrogens is 308 g/mol. The molecule has 7 nitrogen and oxygen atoms in total. The molecule has 1 aromatic heterocycles. The average Bonchev–Trinajstić information content (AvgIpc) is 3.01. The topological polar surface area (TPSA) is 67.8 Å². The van der Waals surface area contributed by atoms with Crippen LogP contribution in [-0.4, -0.2) is 77.2 Å². The Labute approximate surface area is 143 Å². The molecule has 1 amide bonds. The number of rotatable bonds is 4. The van der Waals surface area contributed by atoms with Crippen molar-refractivity contribution in [3.8, 4) is 5.75 Å². The molecule has 24 heavy (non-hydrogen) atoms. The molecule has 3 rings (SSSR count). The Morgan fingerprint density at radius 2 is 1.96 bits per heavy atom. The summed E-state index contributed by atoms with van der Waals surface area (Å²) in [4.78, 5) is 25.4. The molecule has 0 aromatic carbocycles. The predicted molar refractivity (Wildman–Crippen MR) is 89.1 cm³/mol. The van der Waals surface area contributed by atoms with Crippen molar-refractivity contribution in [1.82, 2.24) is 19.8 Å². The van der Waals surface area contributed by atoms with Gasteiger partial charge in [0.05, 0.1) is 31.7 Å². The molecule has 132 valence electrons. The van der Waals surface area contributed by atoms with Crippen LogP contribution in [0.2, 0.25) is 0 Å². The van der Waals surface area contributed by atoms with Crippen LogP contribution in [0.5, 0.6) is 5.75 Å². The van der Waals surface area contributed by atoms with E-state index in [-0.39, 0.29) is 30.0 Å². The average molecular weight is 334 g/mol. The Balaban J connectivity index is 1.64. The van der Waals surface area contributed by atoms with E-state index in [1.807, 2.05) is 4.90 Å². The van der Waals surface area contributed by atoms with Crippen LogP contribution in [0.1, 0.15) is 37.3 Å². The molecule has 3 heterocycles. The minimum Gasteiger partial charge on any atom is -0.494 e. The van der Waals surface area contributed by atoms with Gasteiger partial charge in [0.15, 0.2) is 5.75 Å². The lowest BCUT2D eigenvalue weighted by molar-refractivity contribution is -0.0715. The lowest BCUT2D eigenvalue weighted by Gasteiger charge is -2.38. The standard InChI is InChI=1S/C17H26N4O3/c1-12-9-20(10-13(2)24-12)11-14-5-4-6-21(14)17(22)16-18-7-15(23-3)8-19-16/h7-8,12-14H,4-6,9-11H2,1-3H3. The van der Waals surface area contributed by atoms with Gasteiger partial charge in [0.2, 0.25) is 5.82 Å². The minimum absolute atomic E-state index is 0.0884. The Hall–Kier alpha value is -1.73. The van der Waals surface area contributed by atoms with Crippen molar-refractivity contribution < 1.29 is 14.3 Å². The van der Waals surface area contributed by atoms with Crippen LogP contribution in [0.4, 0.5) is 0 Å². The van der Waals surface area contributed by atoms with Gasteiger partial charge in [-0.1, -0.05) is 0 Å². The van der Waals surface area contributed by atoms with Crippen molar-refractivity contribution in [1.29, 1.82) is 0 Å². The number of amides is 1. The van der Waals surface area contributed by atoms with Crippen molar-refractivity contribution in [3.05, 3.63) is 18.2 Å². The van der Waals surface area contributed by atoms with Gasteiger partial charge in [-0.15, -0.1) is 0 Å². The van der Waals surface area contributed by atoms with E-state index in [1.54, 1.807) is 7.11 Å². The van der Waals surface area contributed by atoms with Crippen molar-refractivity contribution in [2.24, 2.45) is 0 Å². The molecule has 3 unspecified atom stereocenters. The normalized spacial score (nSPS) is 28.1. The van der Waals surface area contributed by atoms with Crippen LogP contribution in [0.25, 0.3) is 0 Å². The number of carbonyl (C=O) groups excluding carboxylic acids is 1. The Kier molecular flexibility index (Phi) is 5.30. The van der Waals surface area contributed by atoms with Gasteiger partial charge in [-0.25, -0.2) is 9.97 Å². The van der Waals surface area contributed by atoms with Gasteiger partial charge in [0.1, 0.15) is 0 Å². The van der Waals surface area contributed by atoms with Crippen molar-refractivity contribution in [3.63, 3.8) is 0 Å². The maximum atomic E-state index is 12.7. The Morgan fingerprint density at radius 1 is 1.29 bits per heavy atom. The number of hydrogen-bond donors (Lipinski definition) is 0. The summed E-state index contributed by atoms with van der Waals surface area (Å²) in [6.45, 7) is 7.70. The van der Waals surface area contributed by atoms with Crippen molar-refractivity contribution in [2.75, 3.05) is 33.3 Å². The van der Waals surface area contributed by atoms with Gasteiger partial charge in [-0.05, 0) is 26.7 Å². The molecule has 2 aliphatic heterocycles. The molecule has 2 aliphatic rings. The zero-order valence-electron chi connectivity index (χ0n) is 14.6. The zero-order chi connectivity index (χ0) is 17.1. The van der Waals surface area contributed by atoms with E-state index in [4.69, 9.17) is 9.47 Å². The summed E-state index contributed by atoms with van der Waals surface area (Å²) >= 11 is 0. The molecule has 7 heteroatoms. The largest absolute Gasteiger partial charge is 0.494 e. The first-order valence-electron chi connectivity index (χ1n) is 8.61. The number of nitrogens with zero attached hydrogens (tertiary/aromatic N) is 4. The zero-order valence-corrected chi connectivity index (χ0v) is 14.6. The number of carbonyl (C=O) groups is 1. The van der Waals surface area contributed by atoms with Gasteiger partial charge in [-0.3, -0.25) is 9.69 Å². The highest BCUT2D eigenvalue weighted by Gasteiger charge is 2.33. The quantitative estimate of drug-likeness (QED) is 0.824. The fourth-order valence-electron chi connectivity index (χ4n) is 3.68. The summed E-state index contributed by atoms with van der Waals surface area (Å²) < 4.78 is 10.8. The number of hydrogen-bond acceptors (Lipinski definition) is 6. The maximum Gasteiger partial charge on any atom is 0.291 e. The molecule has 2 fully saturated rings. The lowest BCUT2D eigenvalue weighted by atomic mass is 10.1. The lowest BCUT2D eigenvalue weighted by Crippen LogP contribution is -2.51. The van der Waals surface area contributed by atoms with Crippen LogP contribution in [0, 0.1) is 0 Å². The smallest absolute Gasteiger partial charge is 0.291 e. The van der Waals surface area contributed by atoms with Gasteiger partial charge in [-0.2, -0.15) is 0 Å². The van der Waals surface area contributed by atoms with E-state index in [2.05, 4.69) is 28.7 Å². The van der Waals surface area contributed by atoms with Crippen LogP contribution in [0.15, 0.2) is 12.4 Å². The van der Waals surface area contributed by atoms with E-state index >= 15 is 0 Å². The summed E-state index contributed by atoms with van der Waals surface area (Å²) in [6.07, 6.45) is 5.62. The van der Waals surface area contributed by atoms with Gasteiger partial charge >= 0.3 is 0 Å². The SMILES string of the molecule is COc1cnc(C(=O)N2CCCC2CN2CC(C)OC(C)C2)nc1. The second kappa shape index (κ2) is 7.44. The third-order valence-corrected chi connectivity index (χ3v) is 4.66. The molecule has 3 atom stereocenters. The highest BCUT2D eigenvalue weighted by atomic mass is 16.5. The van der Waals surface area contributed by atoms with Crippen molar-refractivity contribution >= 4 is 5.91 Å². The minimum atomic E-state index is -0.0884. The van der Waals surface area contributed by atoms with Crippen LogP contribution >= 0.6 is 0 Å². The third-order valence-electron chi connectivity index (χ3n) is 4.66. The summed E-state index contributed by atoms with van der Waals surface area (Å²) in [5.41, 5.74) is 0. The van der Waals surface area contributed by atoms with E-state index < -0.39 is 0 Å². The highest BCUT2D eigenvalue weighted by molar-refractivity contribution is 5.90. The molecular formula is C17H26N4O3. The molecule has 0 saturated carbocycles. The first-order valence-corrected chi connectivity index (χ1v) is 8.61. The molecule has 2 saturated heterocycles. The predicted octanol–water partition coefficient (Wildman–Crippen LogP) is 1.20. The summed E-state index contributed by atoms with van der Waals surface area (Å²) in [5, 5.41) is 0. The van der Waals surface area contributed by atoms with E-state index in [0.29, 0.717) is 5.75 Å². The number of methoxy groups -OCH3 is 1. The van der Waals surface area contributed by atoms with Gasteiger partial charge in [0.25, 0.3) is 5.91 Å². The van der Waals surface area contributed by atoms with E-state index in [9.17, 15) is 4.79 Å². The molecule has 0 bridgehead atoms. The molecule has 0 spiro atoms. The molecule has 0 N–H and O–H groups in total.